The summed E-state index contributed by atoms with van der Waals surface area (Å²) in [6, 6.07) is 7.01. The van der Waals surface area contributed by atoms with Crippen LogP contribution < -0.4 is 5.73 Å². The van der Waals surface area contributed by atoms with Crippen molar-refractivity contribution in [1.29, 1.82) is 0 Å². The molecule has 4 heteroatoms. The van der Waals surface area contributed by atoms with E-state index in [9.17, 15) is 8.42 Å². The molecule has 0 aliphatic carbocycles. The topological polar surface area (TPSA) is 60.2 Å². The van der Waals surface area contributed by atoms with E-state index < -0.39 is 9.84 Å². The molecule has 0 saturated heterocycles. The van der Waals surface area contributed by atoms with Crippen molar-refractivity contribution >= 4 is 9.84 Å². The zero-order valence-corrected chi connectivity index (χ0v) is 10.6. The van der Waals surface area contributed by atoms with Gasteiger partial charge in [-0.1, -0.05) is 26.0 Å². The molecule has 0 amide bonds. The second kappa shape index (κ2) is 5.46. The molecule has 0 saturated carbocycles. The first-order chi connectivity index (χ1) is 7.45. The quantitative estimate of drug-likeness (QED) is 0.852. The van der Waals surface area contributed by atoms with Crippen LogP contribution in [-0.2, 0) is 16.3 Å². The maximum atomic E-state index is 11.9. The van der Waals surface area contributed by atoms with Crippen molar-refractivity contribution in [3.8, 4) is 0 Å². The van der Waals surface area contributed by atoms with Crippen molar-refractivity contribution < 1.29 is 8.42 Å². The average Bonchev–Trinajstić information content (AvgIpc) is 2.17. The summed E-state index contributed by atoms with van der Waals surface area (Å²) in [5.41, 5.74) is 6.51. The number of sulfone groups is 1. The number of rotatable bonds is 5. The van der Waals surface area contributed by atoms with Gasteiger partial charge in [-0.3, -0.25) is 0 Å². The Labute approximate surface area is 97.6 Å². The summed E-state index contributed by atoms with van der Waals surface area (Å²) in [7, 11) is -3.12. The van der Waals surface area contributed by atoms with Crippen LogP contribution in [0.3, 0.4) is 0 Å². The Morgan fingerprint density at radius 1 is 1.19 bits per heavy atom. The van der Waals surface area contributed by atoms with Crippen molar-refractivity contribution in [1.82, 2.24) is 0 Å². The van der Waals surface area contributed by atoms with E-state index in [0.29, 0.717) is 11.4 Å². The van der Waals surface area contributed by atoms with Gasteiger partial charge in [0.1, 0.15) is 0 Å². The highest BCUT2D eigenvalue weighted by Crippen LogP contribution is 2.15. The lowest BCUT2D eigenvalue weighted by Crippen LogP contribution is -2.12. The lowest BCUT2D eigenvalue weighted by Gasteiger charge is -2.07. The predicted octanol–water partition coefficient (Wildman–Crippen LogP) is 1.62. The normalized spacial score (nSPS) is 12.0. The van der Waals surface area contributed by atoms with Crippen LogP contribution in [-0.4, -0.2) is 20.7 Å². The average molecular weight is 241 g/mol. The lowest BCUT2D eigenvalue weighted by atomic mass is 10.2. The van der Waals surface area contributed by atoms with Gasteiger partial charge >= 0.3 is 0 Å². The second-order valence-corrected chi connectivity index (χ2v) is 6.39. The van der Waals surface area contributed by atoms with E-state index in [1.807, 2.05) is 26.0 Å². The Morgan fingerprint density at radius 2 is 1.75 bits per heavy atom. The van der Waals surface area contributed by atoms with Crippen molar-refractivity contribution in [2.24, 2.45) is 11.7 Å². The maximum absolute atomic E-state index is 11.9. The fourth-order valence-corrected chi connectivity index (χ4v) is 3.19. The van der Waals surface area contributed by atoms with Crippen LogP contribution in [0.1, 0.15) is 19.4 Å². The molecule has 0 atom stereocenters. The van der Waals surface area contributed by atoms with Crippen LogP contribution in [0, 0.1) is 5.92 Å². The summed E-state index contributed by atoms with van der Waals surface area (Å²) in [6.45, 7) is 4.39. The Bertz CT molecular complexity index is 421. The monoisotopic (exact) mass is 241 g/mol. The molecular formula is C12H19NO2S. The Kier molecular flexibility index (Phi) is 4.50. The molecule has 90 valence electrons. The second-order valence-electron chi connectivity index (χ2n) is 4.36. The Balaban J connectivity index is 2.89. The molecule has 0 radical (unpaired) electrons. The minimum atomic E-state index is -3.12. The summed E-state index contributed by atoms with van der Waals surface area (Å²) in [4.78, 5) is 0.405. The maximum Gasteiger partial charge on any atom is 0.178 e. The SMILES string of the molecule is CC(C)CS(=O)(=O)c1ccc(CCN)cc1. The van der Waals surface area contributed by atoms with Crippen molar-refractivity contribution in [3.63, 3.8) is 0 Å². The molecule has 0 heterocycles. The summed E-state index contributed by atoms with van der Waals surface area (Å²) < 4.78 is 23.8. The summed E-state index contributed by atoms with van der Waals surface area (Å²) in [5.74, 6) is 0.345. The molecule has 0 fully saturated rings. The third kappa shape index (κ3) is 3.61. The molecular weight excluding hydrogens is 222 g/mol. The van der Waals surface area contributed by atoms with E-state index >= 15 is 0 Å². The first-order valence-corrected chi connectivity index (χ1v) is 7.12. The molecule has 1 rings (SSSR count). The standard InChI is InChI=1S/C12H19NO2S/c1-10(2)9-16(14,15)12-5-3-11(4-6-12)7-8-13/h3-6,10H,7-9,13H2,1-2H3. The van der Waals surface area contributed by atoms with E-state index in [-0.39, 0.29) is 11.7 Å². The van der Waals surface area contributed by atoms with E-state index in [1.54, 1.807) is 12.1 Å². The van der Waals surface area contributed by atoms with E-state index in [4.69, 9.17) is 5.73 Å². The molecule has 0 spiro atoms. The van der Waals surface area contributed by atoms with E-state index in [2.05, 4.69) is 0 Å². The lowest BCUT2D eigenvalue weighted by molar-refractivity contribution is 0.582. The molecule has 2 N–H and O–H groups in total. The number of nitrogens with two attached hydrogens (primary N) is 1. The highest BCUT2D eigenvalue weighted by atomic mass is 32.2. The van der Waals surface area contributed by atoms with Crippen molar-refractivity contribution in [2.45, 2.75) is 25.2 Å². The molecule has 0 bridgehead atoms. The third-order valence-electron chi connectivity index (χ3n) is 2.27. The molecule has 1 aromatic rings. The van der Waals surface area contributed by atoms with Crippen molar-refractivity contribution in [2.75, 3.05) is 12.3 Å². The number of hydrogen-bond donors (Lipinski definition) is 1. The number of hydrogen-bond acceptors (Lipinski definition) is 3. The van der Waals surface area contributed by atoms with Gasteiger partial charge in [0.05, 0.1) is 10.6 Å². The summed E-state index contributed by atoms with van der Waals surface area (Å²) in [5, 5.41) is 0. The minimum Gasteiger partial charge on any atom is -0.330 e. The molecule has 0 unspecified atom stereocenters. The molecule has 1 aromatic carbocycles. The fourth-order valence-electron chi connectivity index (χ4n) is 1.57. The molecule has 0 aliphatic heterocycles. The minimum absolute atomic E-state index is 0.147. The molecule has 3 nitrogen and oxygen atoms in total. The van der Waals surface area contributed by atoms with Gasteiger partial charge in [0, 0.05) is 0 Å². The zero-order chi connectivity index (χ0) is 12.2. The predicted molar refractivity (Wildman–Crippen MR) is 66.1 cm³/mol. The Morgan fingerprint density at radius 3 is 2.19 bits per heavy atom. The Hall–Kier alpha value is -0.870. The van der Waals surface area contributed by atoms with E-state index in [0.717, 1.165) is 12.0 Å². The fraction of sp³-hybridized carbons (Fsp3) is 0.500. The smallest absolute Gasteiger partial charge is 0.178 e. The molecule has 16 heavy (non-hydrogen) atoms. The molecule has 0 aromatic heterocycles. The highest BCUT2D eigenvalue weighted by Gasteiger charge is 2.15. The van der Waals surface area contributed by atoms with Crippen LogP contribution in [0.25, 0.3) is 0 Å². The van der Waals surface area contributed by atoms with E-state index in [1.165, 1.54) is 0 Å². The van der Waals surface area contributed by atoms with Gasteiger partial charge in [0.15, 0.2) is 9.84 Å². The molecule has 0 aliphatic rings. The van der Waals surface area contributed by atoms with Gasteiger partial charge in [0.2, 0.25) is 0 Å². The first kappa shape index (κ1) is 13.2. The van der Waals surface area contributed by atoms with Gasteiger partial charge in [-0.05, 0) is 36.6 Å². The number of benzene rings is 1. The largest absolute Gasteiger partial charge is 0.330 e. The van der Waals surface area contributed by atoms with Crippen molar-refractivity contribution in [3.05, 3.63) is 29.8 Å². The van der Waals surface area contributed by atoms with Crippen LogP contribution in [0.5, 0.6) is 0 Å². The van der Waals surface area contributed by atoms with Crippen LogP contribution in [0.2, 0.25) is 0 Å². The highest BCUT2D eigenvalue weighted by molar-refractivity contribution is 7.91. The van der Waals surface area contributed by atoms with Gasteiger partial charge in [-0.2, -0.15) is 0 Å². The van der Waals surface area contributed by atoms with Gasteiger partial charge in [-0.25, -0.2) is 8.42 Å². The first-order valence-electron chi connectivity index (χ1n) is 5.47. The van der Waals surface area contributed by atoms with Gasteiger partial charge < -0.3 is 5.73 Å². The van der Waals surface area contributed by atoms with Crippen LogP contribution in [0.15, 0.2) is 29.2 Å². The summed E-state index contributed by atoms with van der Waals surface area (Å²) >= 11 is 0. The van der Waals surface area contributed by atoms with Gasteiger partial charge in [-0.15, -0.1) is 0 Å². The summed E-state index contributed by atoms with van der Waals surface area (Å²) in [6.07, 6.45) is 0.782. The van der Waals surface area contributed by atoms with Crippen LogP contribution in [0.4, 0.5) is 0 Å². The van der Waals surface area contributed by atoms with Gasteiger partial charge in [0.25, 0.3) is 0 Å². The van der Waals surface area contributed by atoms with Crippen LogP contribution >= 0.6 is 0 Å². The third-order valence-corrected chi connectivity index (χ3v) is 4.36. The zero-order valence-electron chi connectivity index (χ0n) is 9.81.